The highest BCUT2D eigenvalue weighted by atomic mass is 16.2. The largest absolute Gasteiger partial charge is 0.349 e. The van der Waals surface area contributed by atoms with E-state index in [4.69, 9.17) is 0 Å². The van der Waals surface area contributed by atoms with Gasteiger partial charge in [0.1, 0.15) is 0 Å². The second kappa shape index (κ2) is 7.46. The van der Waals surface area contributed by atoms with Gasteiger partial charge in [-0.05, 0) is 50.1 Å². The summed E-state index contributed by atoms with van der Waals surface area (Å²) in [5.74, 6) is -0.804. The average molecular weight is 377 g/mol. The van der Waals surface area contributed by atoms with Crippen LogP contribution in [0.4, 0.5) is 11.4 Å². The Balaban J connectivity index is 1.40. The smallest absolute Gasteiger partial charge is 0.251 e. The first-order valence-corrected chi connectivity index (χ1v) is 9.58. The first-order chi connectivity index (χ1) is 13.5. The van der Waals surface area contributed by atoms with E-state index in [1.165, 1.54) is 0 Å². The number of hydrogen-bond acceptors (Lipinski definition) is 3. The van der Waals surface area contributed by atoms with Crippen LogP contribution in [-0.2, 0) is 9.59 Å². The molecular formula is C22H23N3O3. The van der Waals surface area contributed by atoms with Gasteiger partial charge in [-0.15, -0.1) is 0 Å². The van der Waals surface area contributed by atoms with Crippen molar-refractivity contribution in [1.29, 1.82) is 0 Å². The molecule has 2 aliphatic rings. The lowest BCUT2D eigenvalue weighted by Gasteiger charge is -2.17. The third-order valence-corrected chi connectivity index (χ3v) is 5.15. The van der Waals surface area contributed by atoms with Gasteiger partial charge < -0.3 is 15.5 Å². The minimum absolute atomic E-state index is 0.0541. The fourth-order valence-electron chi connectivity index (χ4n) is 3.34. The summed E-state index contributed by atoms with van der Waals surface area (Å²) in [6.07, 6.45) is 2.23. The number of rotatable bonds is 5. The molecule has 2 aromatic rings. The molecule has 1 atom stereocenters. The molecule has 1 aliphatic carbocycles. The van der Waals surface area contributed by atoms with E-state index in [1.807, 2.05) is 31.2 Å². The van der Waals surface area contributed by atoms with Crippen LogP contribution in [0.1, 0.15) is 35.2 Å². The Morgan fingerprint density at radius 3 is 2.54 bits per heavy atom. The molecule has 2 N–H and O–H groups in total. The molecule has 1 heterocycles. The lowest BCUT2D eigenvalue weighted by Crippen LogP contribution is -2.28. The minimum Gasteiger partial charge on any atom is -0.349 e. The zero-order chi connectivity index (χ0) is 19.7. The molecule has 1 aliphatic heterocycles. The zero-order valence-corrected chi connectivity index (χ0v) is 15.8. The van der Waals surface area contributed by atoms with Gasteiger partial charge in [0.25, 0.3) is 5.91 Å². The Hall–Kier alpha value is -3.15. The van der Waals surface area contributed by atoms with Crippen molar-refractivity contribution in [3.63, 3.8) is 0 Å². The summed E-state index contributed by atoms with van der Waals surface area (Å²) in [7, 11) is 0. The average Bonchev–Trinajstić information content (AvgIpc) is 3.41. The number of anilines is 2. The van der Waals surface area contributed by atoms with Crippen LogP contribution in [0.15, 0.2) is 48.5 Å². The maximum atomic E-state index is 12.7. The third kappa shape index (κ3) is 4.06. The van der Waals surface area contributed by atoms with E-state index >= 15 is 0 Å². The Bertz CT molecular complexity index is 919. The van der Waals surface area contributed by atoms with E-state index in [0.29, 0.717) is 17.8 Å². The monoisotopic (exact) mass is 377 g/mol. The van der Waals surface area contributed by atoms with Crippen molar-refractivity contribution in [3.05, 3.63) is 59.7 Å². The zero-order valence-electron chi connectivity index (χ0n) is 15.8. The highest BCUT2D eigenvalue weighted by Gasteiger charge is 2.35. The Morgan fingerprint density at radius 2 is 1.82 bits per heavy atom. The molecule has 28 heavy (non-hydrogen) atoms. The molecule has 2 aromatic carbocycles. The molecule has 0 spiro atoms. The van der Waals surface area contributed by atoms with E-state index < -0.39 is 5.92 Å². The van der Waals surface area contributed by atoms with E-state index in [1.54, 1.807) is 29.2 Å². The Labute approximate surface area is 163 Å². The first-order valence-electron chi connectivity index (χ1n) is 9.58. The normalized spacial score (nSPS) is 18.8. The standard InChI is InChI=1S/C22H23N3O3/c1-14-5-9-19(10-6-14)25-13-16(12-20(25)26)22(28)24-18-4-2-3-15(11-18)21(27)23-17-7-8-17/h2-6,9-11,16-17H,7-8,12-13H2,1H3,(H,23,27)(H,24,28)/t16-/m1/s1. The summed E-state index contributed by atoms with van der Waals surface area (Å²) in [5, 5.41) is 5.79. The predicted molar refractivity (Wildman–Crippen MR) is 107 cm³/mol. The second-order valence-corrected chi connectivity index (χ2v) is 7.56. The summed E-state index contributed by atoms with van der Waals surface area (Å²) in [5.41, 5.74) is 3.02. The molecule has 6 heteroatoms. The van der Waals surface area contributed by atoms with Crippen LogP contribution in [0.3, 0.4) is 0 Å². The van der Waals surface area contributed by atoms with Gasteiger partial charge in [0.2, 0.25) is 11.8 Å². The highest BCUT2D eigenvalue weighted by Crippen LogP contribution is 2.26. The first kappa shape index (κ1) is 18.2. The number of carbonyl (C=O) groups is 3. The Morgan fingerprint density at radius 1 is 1.07 bits per heavy atom. The van der Waals surface area contributed by atoms with Crippen molar-refractivity contribution < 1.29 is 14.4 Å². The summed E-state index contributed by atoms with van der Waals surface area (Å²) in [4.78, 5) is 38.9. The van der Waals surface area contributed by atoms with E-state index in [2.05, 4.69) is 10.6 Å². The lowest BCUT2D eigenvalue weighted by molar-refractivity contribution is -0.122. The SMILES string of the molecule is Cc1ccc(N2C[C@H](C(=O)Nc3cccc(C(=O)NC4CC4)c3)CC2=O)cc1. The van der Waals surface area contributed by atoms with Gasteiger partial charge in [-0.25, -0.2) is 0 Å². The van der Waals surface area contributed by atoms with Gasteiger partial charge in [0.15, 0.2) is 0 Å². The van der Waals surface area contributed by atoms with Crippen molar-refractivity contribution in [3.8, 4) is 0 Å². The summed E-state index contributed by atoms with van der Waals surface area (Å²) in [6.45, 7) is 2.35. The fraction of sp³-hybridized carbons (Fsp3) is 0.318. The van der Waals surface area contributed by atoms with Gasteiger partial charge in [-0.1, -0.05) is 23.8 Å². The number of carbonyl (C=O) groups excluding carboxylic acids is 3. The van der Waals surface area contributed by atoms with Crippen LogP contribution >= 0.6 is 0 Å². The third-order valence-electron chi connectivity index (χ3n) is 5.15. The van der Waals surface area contributed by atoms with Crippen molar-refractivity contribution in [2.75, 3.05) is 16.8 Å². The van der Waals surface area contributed by atoms with Crippen LogP contribution in [0.2, 0.25) is 0 Å². The molecular weight excluding hydrogens is 354 g/mol. The summed E-state index contributed by atoms with van der Waals surface area (Å²) >= 11 is 0. The number of aryl methyl sites for hydroxylation is 1. The van der Waals surface area contributed by atoms with Gasteiger partial charge in [-0.3, -0.25) is 14.4 Å². The van der Waals surface area contributed by atoms with Gasteiger partial charge in [0, 0.05) is 35.9 Å². The number of amides is 3. The fourth-order valence-corrected chi connectivity index (χ4v) is 3.34. The topological polar surface area (TPSA) is 78.5 Å². The minimum atomic E-state index is -0.419. The predicted octanol–water partition coefficient (Wildman–Crippen LogP) is 2.88. The highest BCUT2D eigenvalue weighted by molar-refractivity contribution is 6.04. The van der Waals surface area contributed by atoms with Crippen LogP contribution in [0.5, 0.6) is 0 Å². The van der Waals surface area contributed by atoms with Gasteiger partial charge in [0.05, 0.1) is 5.92 Å². The molecule has 1 saturated carbocycles. The van der Waals surface area contributed by atoms with Crippen LogP contribution < -0.4 is 15.5 Å². The van der Waals surface area contributed by atoms with Crippen LogP contribution in [0.25, 0.3) is 0 Å². The van der Waals surface area contributed by atoms with Gasteiger partial charge in [-0.2, -0.15) is 0 Å². The Kier molecular flexibility index (Phi) is 4.86. The molecule has 1 saturated heterocycles. The van der Waals surface area contributed by atoms with Crippen LogP contribution in [-0.4, -0.2) is 30.3 Å². The molecule has 0 bridgehead atoms. The molecule has 3 amide bonds. The van der Waals surface area contributed by atoms with E-state index in [-0.39, 0.29) is 30.2 Å². The van der Waals surface area contributed by atoms with E-state index in [9.17, 15) is 14.4 Å². The van der Waals surface area contributed by atoms with Crippen molar-refractivity contribution in [1.82, 2.24) is 5.32 Å². The maximum absolute atomic E-state index is 12.7. The lowest BCUT2D eigenvalue weighted by atomic mass is 10.1. The summed E-state index contributed by atoms with van der Waals surface area (Å²) < 4.78 is 0. The molecule has 0 unspecified atom stereocenters. The molecule has 4 rings (SSSR count). The van der Waals surface area contributed by atoms with Gasteiger partial charge >= 0.3 is 0 Å². The number of hydrogen-bond donors (Lipinski definition) is 2. The second-order valence-electron chi connectivity index (χ2n) is 7.56. The molecule has 0 radical (unpaired) electrons. The number of nitrogens with one attached hydrogen (secondary N) is 2. The van der Waals surface area contributed by atoms with E-state index in [0.717, 1.165) is 24.1 Å². The number of benzene rings is 2. The molecule has 144 valence electrons. The number of nitrogens with zero attached hydrogens (tertiary/aromatic N) is 1. The quantitative estimate of drug-likeness (QED) is 0.841. The van der Waals surface area contributed by atoms with Crippen molar-refractivity contribution in [2.24, 2.45) is 5.92 Å². The molecule has 0 aromatic heterocycles. The molecule has 6 nitrogen and oxygen atoms in total. The van der Waals surface area contributed by atoms with Crippen molar-refractivity contribution in [2.45, 2.75) is 32.2 Å². The van der Waals surface area contributed by atoms with Crippen LogP contribution in [0, 0.1) is 12.8 Å². The summed E-state index contributed by atoms with van der Waals surface area (Å²) in [6, 6.07) is 14.9. The molecule has 2 fully saturated rings. The van der Waals surface area contributed by atoms with Crippen molar-refractivity contribution >= 4 is 29.1 Å². The maximum Gasteiger partial charge on any atom is 0.251 e.